The van der Waals surface area contributed by atoms with Crippen LogP contribution in [-0.2, 0) is 47.0 Å². The van der Waals surface area contributed by atoms with Gasteiger partial charge in [-0.3, -0.25) is 0 Å². The largest absolute Gasteiger partial charge is 0 e. The fraction of sp³-hybridized carbons (Fsp3) is 0. The molecule has 0 aromatic heterocycles. The van der Waals surface area contributed by atoms with Gasteiger partial charge in [0.05, 0.1) is 0 Å². The molecule has 34 valence electrons. The third-order valence-corrected chi connectivity index (χ3v) is 0. The van der Waals surface area contributed by atoms with Gasteiger partial charge in [0.15, 0.2) is 0 Å². The second-order valence-corrected chi connectivity index (χ2v) is 0. The Balaban J connectivity index is -0.000000000833. The molecule has 0 N–H and O–H groups in total. The normalized spacial score (nSPS) is 0.500. The van der Waals surface area contributed by atoms with Crippen molar-refractivity contribution in [3.8, 4) is 0 Å². The van der Waals surface area contributed by atoms with Crippen molar-refractivity contribution in [2.45, 2.75) is 0 Å². The van der Waals surface area contributed by atoms with Gasteiger partial charge in [-0.15, -0.1) is 0 Å². The molecule has 1 nitrogen and oxygen atoms in total. The van der Waals surface area contributed by atoms with E-state index in [9.17, 15) is 0 Å². The molecule has 0 spiro atoms. The Morgan fingerprint density at radius 1 is 1.17 bits per heavy atom. The molecule has 0 aliphatic carbocycles. The molecule has 0 saturated heterocycles. The molecular weight excluding hydrogens is 665 g/mol. The molecule has 0 bridgehead atoms. The molecule has 0 aromatic rings. The molecule has 0 rings (SSSR count). The van der Waals surface area contributed by atoms with Gasteiger partial charge in [0.25, 0.3) is 0 Å². The van der Waals surface area contributed by atoms with Gasteiger partial charge in [-0.1, -0.05) is 0 Å². The van der Waals surface area contributed by atoms with Crippen molar-refractivity contribution < 1.29 is 126 Å². The second kappa shape index (κ2) is 33.1. The molecular formula is HCeHoInOTaTi. The van der Waals surface area contributed by atoms with Crippen LogP contribution in [0.25, 0.3) is 0 Å². The number of hydrogen-bond donors (Lipinski definition) is 0. The summed E-state index contributed by atoms with van der Waals surface area (Å²) in [6, 6.07) is 0. The third kappa shape index (κ3) is 23.3. The Kier molecular flexibility index (Phi) is 170. The minimum absolute atomic E-state index is 0. The van der Waals surface area contributed by atoms with Crippen LogP contribution >= 0.6 is 0 Å². The molecule has 0 amide bonds. The summed E-state index contributed by atoms with van der Waals surface area (Å²) in [5, 5.41) is 0. The minimum Gasteiger partial charge on any atom is 0 e. The Labute approximate surface area is 146 Å². The monoisotopic (exact) mass is 666 g/mol. The summed E-state index contributed by atoms with van der Waals surface area (Å²) in [5.41, 5.74) is 0. The van der Waals surface area contributed by atoms with Crippen molar-refractivity contribution in [3.05, 3.63) is 0 Å². The summed E-state index contributed by atoms with van der Waals surface area (Å²) in [6.45, 7) is 0. The van der Waals surface area contributed by atoms with Crippen molar-refractivity contribution in [1.82, 2.24) is 0 Å². The molecule has 0 heterocycles. The van der Waals surface area contributed by atoms with Gasteiger partial charge < -0.3 is 0 Å². The van der Waals surface area contributed by atoms with Crippen LogP contribution < -0.4 is 0 Å². The van der Waals surface area contributed by atoms with Crippen LogP contribution in [-0.4, -0.2) is 24.4 Å². The van der Waals surface area contributed by atoms with Crippen LogP contribution in [0.4, 0.5) is 0 Å². The summed E-state index contributed by atoms with van der Waals surface area (Å²) in [5.74, 6) is 0. The summed E-state index contributed by atoms with van der Waals surface area (Å²) >= 11 is -0.1000. The van der Waals surface area contributed by atoms with Gasteiger partial charge in [-0.2, -0.15) is 0 Å². The standard InChI is InChI=1S/Ce.Ho.In.O.Ta.Ti.H. The van der Waals surface area contributed by atoms with Crippen LogP contribution in [0.5, 0.6) is 0 Å². The first kappa shape index (κ1) is 30.9. The quantitative estimate of drug-likeness (QED) is 0.311. The van der Waals surface area contributed by atoms with Gasteiger partial charge in [-0.25, -0.2) is 0 Å². The van der Waals surface area contributed by atoms with Gasteiger partial charge in [-0.05, 0) is 0 Å². The van der Waals surface area contributed by atoms with Gasteiger partial charge >= 0.3 is 27.2 Å². The predicted molar refractivity (Wildman–Crippen MR) is 7.84 cm³/mol. The first-order valence-electron chi connectivity index (χ1n) is 0.289. The fourth-order valence-electron chi connectivity index (χ4n) is 0. The van der Waals surface area contributed by atoms with Crippen LogP contribution in [0.2, 0.25) is 0 Å². The Morgan fingerprint density at radius 3 is 1.17 bits per heavy atom. The van der Waals surface area contributed by atoms with Gasteiger partial charge in [0, 0.05) is 124 Å². The molecule has 0 fully saturated rings. The smallest absolute Gasteiger partial charge is 0 e. The summed E-state index contributed by atoms with van der Waals surface area (Å²) in [4.78, 5) is 0. The maximum absolute atomic E-state index is 8.42. The molecule has 0 aliphatic rings. The summed E-state index contributed by atoms with van der Waals surface area (Å²) < 4.78 is 8.42. The predicted octanol–water partition coefficient (Wildman–Crippen LogP) is -0.772. The van der Waals surface area contributed by atoms with E-state index in [4.69, 9.17) is 2.85 Å². The second-order valence-electron chi connectivity index (χ2n) is 0. The molecule has 0 saturated carbocycles. The molecule has 0 unspecified atom stereocenters. The zero-order chi connectivity index (χ0) is 2.00. The Morgan fingerprint density at radius 2 is 1.17 bits per heavy atom. The molecule has 6 heteroatoms. The van der Waals surface area contributed by atoms with E-state index in [-0.39, 0.29) is 148 Å². The van der Waals surface area contributed by atoms with Crippen molar-refractivity contribution >= 4 is 24.4 Å². The van der Waals surface area contributed by atoms with Crippen LogP contribution in [0, 0.1) is 79.5 Å². The van der Waals surface area contributed by atoms with E-state index in [1.807, 2.05) is 0 Å². The van der Waals surface area contributed by atoms with E-state index in [1.54, 1.807) is 0 Å². The maximum Gasteiger partial charge on any atom is 0 e. The molecule has 0 atom stereocenters. The molecule has 0 aliphatic heterocycles. The molecule has 2 radical (unpaired) electrons. The molecule has 0 aromatic carbocycles. The van der Waals surface area contributed by atoms with Crippen molar-refractivity contribution in [1.29, 1.82) is 0 Å². The topological polar surface area (TPSA) is 17.1 Å². The van der Waals surface area contributed by atoms with Crippen LogP contribution in [0.3, 0.4) is 0 Å². The van der Waals surface area contributed by atoms with Gasteiger partial charge in [0.1, 0.15) is 0 Å². The van der Waals surface area contributed by atoms with E-state index in [2.05, 4.69) is 0 Å². The van der Waals surface area contributed by atoms with Crippen molar-refractivity contribution in [2.24, 2.45) is 0 Å². The zero-order valence-electron chi connectivity index (χ0n) is 2.86. The van der Waals surface area contributed by atoms with Crippen molar-refractivity contribution in [3.63, 3.8) is 0 Å². The molecule has 6 heavy (non-hydrogen) atoms. The average Bonchev–Trinajstić information content (AvgIpc) is 1.00. The third-order valence-electron chi connectivity index (χ3n) is 0. The number of rotatable bonds is 0. The minimum atomic E-state index is -0.1000. The Hall–Kier alpha value is 4.76. The summed E-state index contributed by atoms with van der Waals surface area (Å²) in [6.07, 6.45) is 0. The van der Waals surface area contributed by atoms with Crippen molar-refractivity contribution in [2.75, 3.05) is 0 Å². The van der Waals surface area contributed by atoms with E-state index < -0.39 is 0 Å². The zero-order valence-corrected chi connectivity index (χ0v) is 16.7. The fourth-order valence-corrected chi connectivity index (χ4v) is 0. The van der Waals surface area contributed by atoms with E-state index >= 15 is 0 Å². The van der Waals surface area contributed by atoms with E-state index in [0.717, 1.165) is 0 Å². The van der Waals surface area contributed by atoms with E-state index in [0.29, 0.717) is 0 Å². The van der Waals surface area contributed by atoms with E-state index in [1.165, 1.54) is 0 Å². The van der Waals surface area contributed by atoms with Crippen LogP contribution in [0.1, 0.15) is 0 Å². The first-order valence-corrected chi connectivity index (χ1v) is 1.94. The SMILES string of the molecule is [Ce].[Ho].[O]=[InH].[Ta].[Ti]. The Bertz CT molecular complexity index is 15.5. The van der Waals surface area contributed by atoms with Gasteiger partial charge in [0.2, 0.25) is 0 Å². The average molecular weight is 666 g/mol. The summed E-state index contributed by atoms with van der Waals surface area (Å²) in [7, 11) is 0. The first-order chi connectivity index (χ1) is 1.00. The van der Waals surface area contributed by atoms with Crippen LogP contribution in [0.15, 0.2) is 0 Å². The maximum atomic E-state index is 8.42. The number of hydrogen-bond acceptors (Lipinski definition) is 1.